The van der Waals surface area contributed by atoms with E-state index in [1.165, 1.54) is 24.4 Å². The molecule has 2 aromatic carbocycles. The number of benzene rings is 2. The molecule has 0 spiro atoms. The highest BCUT2D eigenvalue weighted by molar-refractivity contribution is 5.88. The number of hydrazone groups is 1. The number of hydrogen-bond acceptors (Lipinski definition) is 8. The molecule has 1 fully saturated rings. The van der Waals surface area contributed by atoms with Crippen molar-refractivity contribution in [2.24, 2.45) is 5.10 Å². The molecule has 10 heteroatoms. The normalized spacial score (nSPS) is 13.3. The van der Waals surface area contributed by atoms with Crippen molar-refractivity contribution in [2.75, 3.05) is 38.8 Å². The smallest absolute Gasteiger partial charge is 0.310 e. The Morgan fingerprint density at radius 2 is 1.87 bits per heavy atom. The van der Waals surface area contributed by atoms with Gasteiger partial charge in [-0.05, 0) is 25.0 Å². The second-order valence-corrected chi connectivity index (χ2v) is 6.77. The topological polar surface area (TPSA) is 116 Å². The number of hydrogen-bond donors (Lipinski definition) is 1. The van der Waals surface area contributed by atoms with Gasteiger partial charge < -0.3 is 19.1 Å². The van der Waals surface area contributed by atoms with Crippen LogP contribution in [0.3, 0.4) is 0 Å². The summed E-state index contributed by atoms with van der Waals surface area (Å²) in [5.41, 5.74) is 3.70. The number of nitro benzene ring substituents is 1. The third-order valence-corrected chi connectivity index (χ3v) is 4.79. The summed E-state index contributed by atoms with van der Waals surface area (Å²) in [6.07, 6.45) is 3.71. The monoisotopic (exact) mass is 428 g/mol. The molecule has 1 aliphatic heterocycles. The van der Waals surface area contributed by atoms with Gasteiger partial charge in [0.25, 0.3) is 5.91 Å². The van der Waals surface area contributed by atoms with Crippen LogP contribution < -0.4 is 24.5 Å². The van der Waals surface area contributed by atoms with Crippen molar-refractivity contribution in [3.63, 3.8) is 0 Å². The number of rotatable bonds is 9. The molecule has 3 rings (SSSR count). The first-order chi connectivity index (χ1) is 15.0. The van der Waals surface area contributed by atoms with Gasteiger partial charge in [-0.2, -0.15) is 5.10 Å². The van der Waals surface area contributed by atoms with E-state index in [-0.39, 0.29) is 11.4 Å². The molecular formula is C21H24N4O6. The van der Waals surface area contributed by atoms with Crippen molar-refractivity contribution in [1.82, 2.24) is 5.43 Å². The summed E-state index contributed by atoms with van der Waals surface area (Å²) < 4.78 is 16.2. The molecule has 2 aromatic rings. The molecule has 1 saturated heterocycles. The van der Waals surface area contributed by atoms with Gasteiger partial charge in [0.15, 0.2) is 12.4 Å². The Bertz CT molecular complexity index is 972. The molecule has 0 saturated carbocycles. The van der Waals surface area contributed by atoms with Gasteiger partial charge >= 0.3 is 5.69 Å². The van der Waals surface area contributed by atoms with E-state index in [4.69, 9.17) is 14.2 Å². The van der Waals surface area contributed by atoms with Crippen molar-refractivity contribution < 1.29 is 23.9 Å². The van der Waals surface area contributed by atoms with Gasteiger partial charge in [0, 0.05) is 30.8 Å². The predicted octanol–water partition coefficient (Wildman–Crippen LogP) is 2.74. The summed E-state index contributed by atoms with van der Waals surface area (Å²) >= 11 is 0. The number of anilines is 1. The molecule has 10 nitrogen and oxygen atoms in total. The minimum absolute atomic E-state index is 0.00976. The Kier molecular flexibility index (Phi) is 7.26. The molecular weight excluding hydrogens is 404 g/mol. The fraction of sp³-hybridized carbons (Fsp3) is 0.333. The highest BCUT2D eigenvalue weighted by atomic mass is 16.6. The third kappa shape index (κ3) is 5.41. The lowest BCUT2D eigenvalue weighted by Gasteiger charge is -2.22. The van der Waals surface area contributed by atoms with Crippen LogP contribution >= 0.6 is 0 Å². The van der Waals surface area contributed by atoms with Crippen LogP contribution in [0.15, 0.2) is 41.5 Å². The van der Waals surface area contributed by atoms with Gasteiger partial charge in [-0.1, -0.05) is 12.1 Å². The first-order valence-electron chi connectivity index (χ1n) is 9.72. The van der Waals surface area contributed by atoms with Crippen molar-refractivity contribution >= 4 is 23.5 Å². The van der Waals surface area contributed by atoms with E-state index in [0.29, 0.717) is 17.1 Å². The Hall–Kier alpha value is -3.82. The molecule has 31 heavy (non-hydrogen) atoms. The largest absolute Gasteiger partial charge is 0.496 e. The van der Waals surface area contributed by atoms with E-state index in [2.05, 4.69) is 15.4 Å². The van der Waals surface area contributed by atoms with Crippen LogP contribution in [0.1, 0.15) is 18.4 Å². The summed E-state index contributed by atoms with van der Waals surface area (Å²) in [5.74, 6) is 0.733. The molecule has 164 valence electrons. The second-order valence-electron chi connectivity index (χ2n) is 6.77. The number of methoxy groups -OCH3 is 2. The summed E-state index contributed by atoms with van der Waals surface area (Å²) in [4.78, 5) is 24.7. The summed E-state index contributed by atoms with van der Waals surface area (Å²) in [7, 11) is 3.16. The Labute approximate surface area is 179 Å². The number of carbonyl (C=O) groups excluding carboxylic acids is 1. The van der Waals surface area contributed by atoms with Crippen LogP contribution in [-0.4, -0.2) is 51.0 Å². The average molecular weight is 428 g/mol. The Morgan fingerprint density at radius 1 is 1.16 bits per heavy atom. The lowest BCUT2D eigenvalue weighted by Crippen LogP contribution is -2.24. The van der Waals surface area contributed by atoms with E-state index in [9.17, 15) is 14.9 Å². The molecule has 0 unspecified atom stereocenters. The number of nitro groups is 1. The number of para-hydroxylation sites is 2. The molecule has 0 aliphatic carbocycles. The third-order valence-electron chi connectivity index (χ3n) is 4.79. The molecule has 0 bridgehead atoms. The van der Waals surface area contributed by atoms with E-state index in [1.807, 2.05) is 6.07 Å². The predicted molar refractivity (Wildman–Crippen MR) is 115 cm³/mol. The first kappa shape index (κ1) is 21.9. The zero-order valence-electron chi connectivity index (χ0n) is 17.4. The first-order valence-corrected chi connectivity index (χ1v) is 9.72. The quantitative estimate of drug-likeness (QED) is 0.371. The average Bonchev–Trinajstić information content (AvgIpc) is 3.32. The maximum absolute atomic E-state index is 12.0. The number of carbonyl (C=O) groups is 1. The van der Waals surface area contributed by atoms with Gasteiger partial charge in [0.2, 0.25) is 0 Å². The molecule has 1 heterocycles. The second kappa shape index (κ2) is 10.3. The summed E-state index contributed by atoms with van der Waals surface area (Å²) in [6.45, 7) is 1.50. The van der Waals surface area contributed by atoms with Crippen molar-refractivity contribution in [2.45, 2.75) is 12.8 Å². The summed E-state index contributed by atoms with van der Waals surface area (Å²) in [6, 6.07) is 9.53. The summed E-state index contributed by atoms with van der Waals surface area (Å²) in [5, 5.41) is 14.9. The van der Waals surface area contributed by atoms with Gasteiger partial charge in [-0.15, -0.1) is 0 Å². The van der Waals surface area contributed by atoms with Gasteiger partial charge in [0.1, 0.15) is 11.5 Å². The zero-order valence-corrected chi connectivity index (χ0v) is 17.4. The van der Waals surface area contributed by atoms with Crippen LogP contribution in [0.5, 0.6) is 17.2 Å². The highest BCUT2D eigenvalue weighted by Crippen LogP contribution is 2.36. The van der Waals surface area contributed by atoms with Gasteiger partial charge in [0.05, 0.1) is 31.0 Å². The highest BCUT2D eigenvalue weighted by Gasteiger charge is 2.19. The number of nitrogens with zero attached hydrogens (tertiary/aromatic N) is 3. The Balaban J connectivity index is 1.65. The van der Waals surface area contributed by atoms with Crippen molar-refractivity contribution in [3.05, 3.63) is 52.1 Å². The minimum Gasteiger partial charge on any atom is -0.496 e. The SMILES string of the molecule is COc1cc(N2CCCC2)c(OC)cc1/C=N/NC(=O)COc1ccccc1[N+](=O)[O-]. The maximum atomic E-state index is 12.0. The van der Waals surface area contributed by atoms with E-state index < -0.39 is 17.4 Å². The standard InChI is InChI=1S/C21H24N4O6/c1-29-19-12-17(24-9-5-6-10-24)20(30-2)11-15(19)13-22-23-21(26)14-31-18-8-4-3-7-16(18)25(27)28/h3-4,7-8,11-13H,5-6,9-10,14H2,1-2H3,(H,23,26)/b22-13+. The molecule has 1 aliphatic rings. The Morgan fingerprint density at radius 3 is 2.55 bits per heavy atom. The van der Waals surface area contributed by atoms with Crippen LogP contribution in [0.4, 0.5) is 11.4 Å². The van der Waals surface area contributed by atoms with Gasteiger partial charge in [-0.3, -0.25) is 14.9 Å². The lowest BCUT2D eigenvalue weighted by atomic mass is 10.1. The van der Waals surface area contributed by atoms with E-state index in [1.54, 1.807) is 26.4 Å². The van der Waals surface area contributed by atoms with Gasteiger partial charge in [-0.25, -0.2) is 5.43 Å². The maximum Gasteiger partial charge on any atom is 0.310 e. The number of nitrogens with one attached hydrogen (secondary N) is 1. The molecule has 0 atom stereocenters. The van der Waals surface area contributed by atoms with E-state index >= 15 is 0 Å². The van der Waals surface area contributed by atoms with Crippen molar-refractivity contribution in [1.29, 1.82) is 0 Å². The molecule has 1 N–H and O–H groups in total. The zero-order chi connectivity index (χ0) is 22.2. The number of amides is 1. The van der Waals surface area contributed by atoms with Crippen LogP contribution in [0.25, 0.3) is 0 Å². The fourth-order valence-electron chi connectivity index (χ4n) is 3.29. The van der Waals surface area contributed by atoms with Crippen LogP contribution in [0.2, 0.25) is 0 Å². The molecule has 0 aromatic heterocycles. The fourth-order valence-corrected chi connectivity index (χ4v) is 3.29. The van der Waals surface area contributed by atoms with Crippen molar-refractivity contribution in [3.8, 4) is 17.2 Å². The lowest BCUT2D eigenvalue weighted by molar-refractivity contribution is -0.385. The van der Waals surface area contributed by atoms with Crippen LogP contribution in [0, 0.1) is 10.1 Å². The van der Waals surface area contributed by atoms with Crippen LogP contribution in [-0.2, 0) is 4.79 Å². The molecule has 1 amide bonds. The van der Waals surface area contributed by atoms with E-state index in [0.717, 1.165) is 31.6 Å². The number of ether oxygens (including phenoxy) is 3. The minimum atomic E-state index is -0.573. The molecule has 0 radical (unpaired) electrons.